The van der Waals surface area contributed by atoms with Crippen LogP contribution in [0.2, 0.25) is 0 Å². The molecule has 0 saturated carbocycles. The molecule has 0 aliphatic carbocycles. The van der Waals surface area contributed by atoms with Gasteiger partial charge < -0.3 is 0 Å². The van der Waals surface area contributed by atoms with Gasteiger partial charge in [-0.2, -0.15) is 10.1 Å². The molecule has 0 radical (unpaired) electrons. The normalized spacial score (nSPS) is 11.2. The van der Waals surface area contributed by atoms with Gasteiger partial charge in [0.1, 0.15) is 12.1 Å². The predicted octanol–water partition coefficient (Wildman–Crippen LogP) is 2.48. The fraction of sp³-hybridized carbons (Fsp3) is 0. The van der Waals surface area contributed by atoms with E-state index in [2.05, 4.69) is 20.1 Å². The first-order chi connectivity index (χ1) is 9.81. The van der Waals surface area contributed by atoms with Gasteiger partial charge in [-0.1, -0.05) is 6.07 Å². The average Bonchev–Trinajstić information content (AvgIpc) is 2.93. The third kappa shape index (κ3) is 1.62. The Morgan fingerprint density at radius 3 is 3.00 bits per heavy atom. The Hall–Kier alpha value is -2.89. The SMILES string of the molecule is Fc1cc(-c2cnc3ncnn3c2)c2ncccc2c1. The maximum atomic E-state index is 13.8. The van der Waals surface area contributed by atoms with Crippen molar-refractivity contribution in [2.24, 2.45) is 0 Å². The molecule has 0 unspecified atom stereocenters. The van der Waals surface area contributed by atoms with Crippen molar-refractivity contribution in [2.75, 3.05) is 0 Å². The van der Waals surface area contributed by atoms with Crippen molar-refractivity contribution in [3.8, 4) is 11.1 Å². The number of hydrogen-bond acceptors (Lipinski definition) is 4. The molecule has 96 valence electrons. The van der Waals surface area contributed by atoms with Crippen molar-refractivity contribution in [3.63, 3.8) is 0 Å². The number of aromatic nitrogens is 5. The molecule has 0 N–H and O–H groups in total. The molecule has 4 aromatic rings. The molecule has 0 fully saturated rings. The summed E-state index contributed by atoms with van der Waals surface area (Å²) in [5, 5.41) is 4.79. The first-order valence-corrected chi connectivity index (χ1v) is 6.01. The molecule has 0 aliphatic rings. The van der Waals surface area contributed by atoms with Crippen molar-refractivity contribution in [2.45, 2.75) is 0 Å². The molecule has 6 heteroatoms. The number of pyridine rings is 1. The van der Waals surface area contributed by atoms with Crippen LogP contribution in [0.1, 0.15) is 0 Å². The molecule has 3 heterocycles. The molecule has 3 aromatic heterocycles. The number of nitrogens with zero attached hydrogens (tertiary/aromatic N) is 5. The maximum Gasteiger partial charge on any atom is 0.252 e. The fourth-order valence-corrected chi connectivity index (χ4v) is 2.23. The van der Waals surface area contributed by atoms with Gasteiger partial charge >= 0.3 is 0 Å². The van der Waals surface area contributed by atoms with Gasteiger partial charge in [0.2, 0.25) is 0 Å². The van der Waals surface area contributed by atoms with Crippen LogP contribution >= 0.6 is 0 Å². The summed E-state index contributed by atoms with van der Waals surface area (Å²) in [5.74, 6) is 0.196. The predicted molar refractivity (Wildman–Crippen MR) is 71.5 cm³/mol. The van der Waals surface area contributed by atoms with Crippen LogP contribution in [0.25, 0.3) is 27.8 Å². The number of rotatable bonds is 1. The van der Waals surface area contributed by atoms with Crippen molar-refractivity contribution < 1.29 is 4.39 Å². The van der Waals surface area contributed by atoms with E-state index in [0.29, 0.717) is 11.3 Å². The Labute approximate surface area is 112 Å². The second-order valence-corrected chi connectivity index (χ2v) is 4.38. The molecular weight excluding hydrogens is 257 g/mol. The molecule has 5 nitrogen and oxygen atoms in total. The van der Waals surface area contributed by atoms with Crippen molar-refractivity contribution in [1.82, 2.24) is 24.6 Å². The Morgan fingerprint density at radius 2 is 2.05 bits per heavy atom. The van der Waals surface area contributed by atoms with E-state index in [1.165, 1.54) is 18.5 Å². The zero-order valence-electron chi connectivity index (χ0n) is 10.2. The van der Waals surface area contributed by atoms with E-state index >= 15 is 0 Å². The Bertz CT molecular complexity index is 931. The van der Waals surface area contributed by atoms with Gasteiger partial charge in [-0.15, -0.1) is 0 Å². The van der Waals surface area contributed by atoms with Crippen LogP contribution in [-0.4, -0.2) is 24.6 Å². The minimum atomic E-state index is -0.306. The second kappa shape index (κ2) is 4.06. The fourth-order valence-electron chi connectivity index (χ4n) is 2.23. The van der Waals surface area contributed by atoms with Crippen LogP contribution in [0, 0.1) is 5.82 Å². The van der Waals surface area contributed by atoms with Crippen LogP contribution in [0.3, 0.4) is 0 Å². The summed E-state index contributed by atoms with van der Waals surface area (Å²) in [6, 6.07) is 6.53. The highest BCUT2D eigenvalue weighted by Gasteiger charge is 2.09. The third-order valence-electron chi connectivity index (χ3n) is 3.12. The minimum Gasteiger partial charge on any atom is -0.256 e. The molecule has 4 rings (SSSR count). The van der Waals surface area contributed by atoms with Crippen molar-refractivity contribution in [3.05, 3.63) is 55.0 Å². The van der Waals surface area contributed by atoms with Crippen LogP contribution < -0.4 is 0 Å². The Balaban J connectivity index is 2.05. The van der Waals surface area contributed by atoms with Gasteiger partial charge in [0, 0.05) is 35.1 Å². The molecule has 1 aromatic carbocycles. The summed E-state index contributed by atoms with van der Waals surface area (Å²) in [4.78, 5) is 12.5. The summed E-state index contributed by atoms with van der Waals surface area (Å²) in [5.41, 5.74) is 2.16. The zero-order chi connectivity index (χ0) is 13.5. The number of benzene rings is 1. The van der Waals surface area contributed by atoms with Crippen molar-refractivity contribution >= 4 is 16.7 Å². The molecule has 0 amide bonds. The molecule has 0 bridgehead atoms. The lowest BCUT2D eigenvalue weighted by molar-refractivity contribution is 0.630. The quantitative estimate of drug-likeness (QED) is 0.530. The molecule has 20 heavy (non-hydrogen) atoms. The van der Waals surface area contributed by atoms with Gasteiger partial charge in [0.25, 0.3) is 5.78 Å². The number of halogens is 1. The van der Waals surface area contributed by atoms with E-state index in [9.17, 15) is 4.39 Å². The van der Waals surface area contributed by atoms with Gasteiger partial charge in [0.15, 0.2) is 0 Å². The van der Waals surface area contributed by atoms with Gasteiger partial charge in [-0.3, -0.25) is 4.98 Å². The van der Waals surface area contributed by atoms with E-state index in [0.717, 1.165) is 16.5 Å². The Kier molecular flexibility index (Phi) is 2.23. The summed E-state index contributed by atoms with van der Waals surface area (Å²) in [7, 11) is 0. The first kappa shape index (κ1) is 11.0. The molecule has 0 aliphatic heterocycles. The maximum absolute atomic E-state index is 13.8. The molecule has 0 spiro atoms. The monoisotopic (exact) mass is 265 g/mol. The largest absolute Gasteiger partial charge is 0.256 e. The number of fused-ring (bicyclic) bond motifs is 2. The minimum absolute atomic E-state index is 0.306. The van der Waals surface area contributed by atoms with Crippen LogP contribution in [-0.2, 0) is 0 Å². The summed E-state index contributed by atoms with van der Waals surface area (Å²) in [6.45, 7) is 0. The van der Waals surface area contributed by atoms with E-state index in [-0.39, 0.29) is 5.82 Å². The van der Waals surface area contributed by atoms with Gasteiger partial charge in [0.05, 0.1) is 5.52 Å². The van der Waals surface area contributed by atoms with Crippen LogP contribution in [0.5, 0.6) is 0 Å². The van der Waals surface area contributed by atoms with Crippen LogP contribution in [0.15, 0.2) is 49.2 Å². The first-order valence-electron chi connectivity index (χ1n) is 6.01. The van der Waals surface area contributed by atoms with Crippen LogP contribution in [0.4, 0.5) is 4.39 Å². The van der Waals surface area contributed by atoms with Crippen molar-refractivity contribution in [1.29, 1.82) is 0 Å². The average molecular weight is 265 g/mol. The molecule has 0 atom stereocenters. The highest BCUT2D eigenvalue weighted by molar-refractivity contribution is 5.93. The summed E-state index contributed by atoms with van der Waals surface area (Å²) < 4.78 is 15.3. The van der Waals surface area contributed by atoms with Gasteiger partial charge in [-0.05, 0) is 18.2 Å². The summed E-state index contributed by atoms with van der Waals surface area (Å²) in [6.07, 6.45) is 6.52. The third-order valence-corrected chi connectivity index (χ3v) is 3.12. The second-order valence-electron chi connectivity index (χ2n) is 4.38. The molecular formula is C14H8FN5. The smallest absolute Gasteiger partial charge is 0.252 e. The number of hydrogen-bond donors (Lipinski definition) is 0. The lowest BCUT2D eigenvalue weighted by Crippen LogP contribution is -1.94. The van der Waals surface area contributed by atoms with Gasteiger partial charge in [-0.25, -0.2) is 13.9 Å². The lowest BCUT2D eigenvalue weighted by Gasteiger charge is -2.06. The van der Waals surface area contributed by atoms with E-state index in [1.807, 2.05) is 6.07 Å². The standard InChI is InChI=1S/C14H8FN5/c15-11-4-9-2-1-3-16-13(9)12(5-11)10-6-17-14-18-8-19-20(14)7-10/h1-8H. The van der Waals surface area contributed by atoms with E-state index in [4.69, 9.17) is 0 Å². The zero-order valence-corrected chi connectivity index (χ0v) is 10.2. The van der Waals surface area contributed by atoms with E-state index < -0.39 is 0 Å². The lowest BCUT2D eigenvalue weighted by atomic mass is 10.0. The molecule has 0 saturated heterocycles. The topological polar surface area (TPSA) is 56.0 Å². The summed E-state index contributed by atoms with van der Waals surface area (Å²) >= 11 is 0. The highest BCUT2D eigenvalue weighted by atomic mass is 19.1. The Morgan fingerprint density at radius 1 is 1.10 bits per heavy atom. The highest BCUT2D eigenvalue weighted by Crippen LogP contribution is 2.27. The van der Waals surface area contributed by atoms with E-state index in [1.54, 1.807) is 29.2 Å².